The zero-order chi connectivity index (χ0) is 78.7. The summed E-state index contributed by atoms with van der Waals surface area (Å²) in [7, 11) is 0. The van der Waals surface area contributed by atoms with Gasteiger partial charge in [0, 0.05) is 42.2 Å². The Labute approximate surface area is 629 Å². The van der Waals surface area contributed by atoms with Crippen LogP contribution in [0.2, 0.25) is 10.0 Å². The van der Waals surface area contributed by atoms with E-state index in [0.29, 0.717) is 0 Å². The van der Waals surface area contributed by atoms with Crippen LogP contribution in [0.4, 0.5) is 0 Å². The van der Waals surface area contributed by atoms with Gasteiger partial charge in [-0.15, -0.1) is 0 Å². The average Bonchev–Trinajstić information content (AvgIpc) is 0.766. The minimum Gasteiger partial charge on any atom is -0.508 e. The molecule has 110 heavy (non-hydrogen) atoms. The number of rotatable bonds is 8. The van der Waals surface area contributed by atoms with Crippen LogP contribution in [0.3, 0.4) is 0 Å². The molecule has 0 aromatic heterocycles. The molecule has 22 N–H and O–H groups in total. The summed E-state index contributed by atoms with van der Waals surface area (Å²) in [6.45, 7) is -1.05. The molecule has 7 aromatic carbocycles. The summed E-state index contributed by atoms with van der Waals surface area (Å²) in [6, 6.07) is 3.70. The van der Waals surface area contributed by atoms with Gasteiger partial charge in [0.05, 0.1) is 23.3 Å². The van der Waals surface area contributed by atoms with Crippen LogP contribution in [0.1, 0.15) is 82.2 Å². The minimum absolute atomic E-state index is 0.0678. The number of aliphatic carboxylic acids is 1. The third kappa shape index (κ3) is 15.3. The van der Waals surface area contributed by atoms with Crippen LogP contribution >= 0.6 is 23.2 Å². The molecule has 0 saturated carbocycles. The summed E-state index contributed by atoms with van der Waals surface area (Å²) in [6.07, 6.45) is -20.7. The number of aliphatic hydroxyl groups excluding tert-OH is 7. The van der Waals surface area contributed by atoms with Crippen LogP contribution in [-0.2, 0) is 59.0 Å². The lowest BCUT2D eigenvalue weighted by Crippen LogP contribution is -2.65. The van der Waals surface area contributed by atoms with E-state index in [1.807, 2.05) is 0 Å². The number of fused-ring (bicyclic) bond motifs is 14. The molecule has 8 heterocycles. The zero-order valence-corrected chi connectivity index (χ0v) is 58.3. The molecule has 0 radical (unpaired) electrons. The van der Waals surface area contributed by atoms with Crippen LogP contribution in [-0.4, -0.2) is 200 Å². The minimum atomic E-state index is -2.51. The highest BCUT2D eigenvalue weighted by Gasteiger charge is 2.50. The third-order valence-corrected chi connectivity index (χ3v) is 19.6. The predicted molar refractivity (Wildman–Crippen MR) is 372 cm³/mol. The van der Waals surface area contributed by atoms with Crippen molar-refractivity contribution in [2.75, 3.05) is 13.2 Å². The van der Waals surface area contributed by atoms with Gasteiger partial charge in [-0.05, 0) is 112 Å². The van der Waals surface area contributed by atoms with Crippen molar-refractivity contribution in [3.63, 3.8) is 0 Å². The number of aromatic hydroxyl groups is 5. The smallest absolute Gasteiger partial charge is 0.330 e. The quantitative estimate of drug-likeness (QED) is 0.0980. The lowest BCUT2D eigenvalue weighted by molar-refractivity contribution is -0.284. The number of aliphatic hydroxyl groups is 7. The van der Waals surface area contributed by atoms with Gasteiger partial charge in [0.1, 0.15) is 131 Å². The van der Waals surface area contributed by atoms with E-state index in [4.69, 9.17) is 62.1 Å². The fourth-order valence-electron chi connectivity index (χ4n) is 13.5. The molecule has 2 saturated heterocycles. The molecule has 8 aliphatic rings. The monoisotopic (exact) mass is 1560 g/mol. The summed E-state index contributed by atoms with van der Waals surface area (Å²) in [5.41, 5.74) is 3.25. The van der Waals surface area contributed by atoms with Crippen LogP contribution in [0.25, 0.3) is 11.1 Å². The van der Waals surface area contributed by atoms with Gasteiger partial charge in [-0.25, -0.2) is 4.79 Å². The summed E-state index contributed by atoms with van der Waals surface area (Å²) < 4.78 is 43.0. The molecular formula is C72H68Cl2N8O28. The highest BCUT2D eigenvalue weighted by atomic mass is 35.5. The first kappa shape index (κ1) is 76.8. The van der Waals surface area contributed by atoms with Crippen LogP contribution < -0.4 is 61.9 Å². The van der Waals surface area contributed by atoms with Crippen molar-refractivity contribution in [2.45, 2.75) is 123 Å². The van der Waals surface area contributed by atoms with Gasteiger partial charge in [-0.1, -0.05) is 47.5 Å². The second-order valence-electron chi connectivity index (χ2n) is 26.4. The topological polar surface area (TPSA) is 574 Å². The Hall–Kier alpha value is -11.4. The molecule has 2 fully saturated rings. The molecular weight excluding hydrogens is 1500 g/mol. The maximum absolute atomic E-state index is 16.4. The number of carbonyl (C=O) groups excluding carboxylic acids is 7. The average molecular weight is 1560 g/mol. The molecule has 18 unspecified atom stereocenters. The lowest BCUT2D eigenvalue weighted by atomic mass is 9.89. The van der Waals surface area contributed by atoms with Crippen molar-refractivity contribution >= 4 is 70.5 Å². The van der Waals surface area contributed by atoms with E-state index in [1.165, 1.54) is 30.3 Å². The molecule has 578 valence electrons. The van der Waals surface area contributed by atoms with Crippen molar-refractivity contribution in [2.24, 2.45) is 5.73 Å². The molecule has 8 aliphatic heterocycles. The predicted octanol–water partition coefficient (Wildman–Crippen LogP) is 0.426. The summed E-state index contributed by atoms with van der Waals surface area (Å²) in [5.74, 6) is -18.0. The van der Waals surface area contributed by atoms with Gasteiger partial charge >= 0.3 is 5.97 Å². The van der Waals surface area contributed by atoms with Crippen LogP contribution in [0.15, 0.2) is 115 Å². The number of phenols is 5. The van der Waals surface area contributed by atoms with E-state index in [9.17, 15) is 80.8 Å². The number of nitrogens with two attached hydrogens (primary N) is 1. The number of carboxylic acids is 1. The number of nitrogens with one attached hydrogen (secondary N) is 7. The van der Waals surface area contributed by atoms with Crippen LogP contribution in [0.5, 0.6) is 69.0 Å². The molecule has 0 aliphatic carbocycles. The number of halogens is 2. The number of benzene rings is 7. The van der Waals surface area contributed by atoms with Gasteiger partial charge in [0.15, 0.2) is 35.3 Å². The van der Waals surface area contributed by atoms with Gasteiger partial charge in [0.2, 0.25) is 53.4 Å². The fourth-order valence-corrected chi connectivity index (χ4v) is 13.9. The second kappa shape index (κ2) is 31.0. The number of phenolic OH excluding ortho intramolecular Hbond substituents is 5. The van der Waals surface area contributed by atoms with Gasteiger partial charge in [-0.3, -0.25) is 33.6 Å². The molecule has 7 amide bonds. The SMILES string of the molecule is CC(=O)NC1C(OC2c3ccc(c(Cl)c3)Oc3cc4cc(c3O)Oc3ccc(cc3Cl)CC3NC(=O)C(N)c5ccc(O)c(c5)Oc5cc(O)cc(c5)C(NC3=O)C(=O)NC4C(=O)NC3C(=O)NC2C(=O)NC(C(=O)O)c2cc(O)cc(OC4OC(CO)C(O)C(O)C4O)c2-c2cc3ccc2O)OC(CO)C(O)C1O. The first-order chi connectivity index (χ1) is 52.3. The van der Waals surface area contributed by atoms with E-state index in [2.05, 4.69) is 37.2 Å². The van der Waals surface area contributed by atoms with Crippen molar-refractivity contribution < 1.29 is 138 Å². The van der Waals surface area contributed by atoms with Gasteiger partial charge in [0.25, 0.3) is 0 Å². The van der Waals surface area contributed by atoms with Crippen molar-refractivity contribution in [3.8, 4) is 80.1 Å². The highest BCUT2D eigenvalue weighted by Crippen LogP contribution is 2.50. The summed E-state index contributed by atoms with van der Waals surface area (Å²) in [5, 5.41) is 163. The Balaban J connectivity index is 1.05. The maximum atomic E-state index is 16.4. The van der Waals surface area contributed by atoms with Gasteiger partial charge in [-0.2, -0.15) is 0 Å². The Kier molecular flexibility index (Phi) is 21.6. The van der Waals surface area contributed by atoms with E-state index >= 15 is 24.0 Å². The maximum Gasteiger partial charge on any atom is 0.330 e. The van der Waals surface area contributed by atoms with E-state index < -0.39 is 261 Å². The molecule has 0 spiro atoms. The molecule has 18 atom stereocenters. The first-order valence-corrected chi connectivity index (χ1v) is 34.3. The normalized spacial score (nSPS) is 28.1. The molecule has 17 bridgehead atoms. The summed E-state index contributed by atoms with van der Waals surface area (Å²) >= 11 is 14.1. The highest BCUT2D eigenvalue weighted by molar-refractivity contribution is 6.32. The Morgan fingerprint density at radius 2 is 1.11 bits per heavy atom. The molecule has 7 aromatic rings. The summed E-state index contributed by atoms with van der Waals surface area (Å²) in [4.78, 5) is 121. The third-order valence-electron chi connectivity index (χ3n) is 19.0. The number of carbonyl (C=O) groups is 8. The molecule has 15 rings (SSSR count). The van der Waals surface area contributed by atoms with E-state index in [1.54, 1.807) is 0 Å². The lowest BCUT2D eigenvalue weighted by Gasteiger charge is -2.44. The second-order valence-corrected chi connectivity index (χ2v) is 27.3. The molecule has 38 heteroatoms. The number of ether oxygens (including phenoxy) is 7. The number of hydrogen-bond donors (Lipinski definition) is 21. The fraction of sp³-hybridized carbons (Fsp3) is 0.306. The van der Waals surface area contributed by atoms with Crippen molar-refractivity contribution in [1.82, 2.24) is 37.2 Å². The van der Waals surface area contributed by atoms with Crippen molar-refractivity contribution in [1.29, 1.82) is 0 Å². The largest absolute Gasteiger partial charge is 0.508 e. The van der Waals surface area contributed by atoms with Gasteiger partial charge < -0.3 is 142 Å². The number of carboxylic acid groups (broad SMARTS) is 1. The van der Waals surface area contributed by atoms with E-state index in [0.717, 1.165) is 91.9 Å². The van der Waals surface area contributed by atoms with Crippen molar-refractivity contribution in [3.05, 3.63) is 164 Å². The zero-order valence-electron chi connectivity index (χ0n) is 56.8. The standard InChI is InChI=1S/C72H68Cl2N8O28/c1-24(85)76-55-60(93)58(91)47(22-83)108-71(55)110-63-28-5-9-42(37(74)15-28)106-46-18-30-17-45(57(46)90)105-41-8-2-25(10-36(41)73)11-38-64(96)78-52(29-12-31(86)19-33(13-29)104-43-16-26(3-7-40(43)89)50(75)65(97)77-38)67(99)80-53(30)68(100)79-51-27-4-6-39(88)34(14-27)49-35(54(70(102)103)81-69(101)56(63)82-66(51)98)20-32(87)21-44(49)107-72-62(95)61(94)59(92)48(23-84)109-72/h2-10,12-21,38,47-48,50-56,58-63,71-72,83-84,86-95H,11,22-23,75H2,1H3,(H,76,85)(H,77,97)(H,78,96)(H,79,100)(H,80,99)(H,81,101)(H,82,98)(H,102,103). The first-order valence-electron chi connectivity index (χ1n) is 33.5. The number of amides is 7. The van der Waals surface area contributed by atoms with Crippen LogP contribution in [0, 0.1) is 0 Å². The number of hydrogen-bond acceptors (Lipinski definition) is 28. The Bertz CT molecular complexity index is 4880. The Morgan fingerprint density at radius 1 is 0.536 bits per heavy atom. The Morgan fingerprint density at radius 3 is 1.75 bits per heavy atom. The molecule has 36 nitrogen and oxygen atoms in total. The van der Waals surface area contributed by atoms with E-state index in [-0.39, 0.29) is 44.5 Å².